The molecular weight excluding hydrogens is 222 g/mol. The highest BCUT2D eigenvalue weighted by Crippen LogP contribution is 2.14. The van der Waals surface area contributed by atoms with Crippen molar-refractivity contribution in [2.24, 2.45) is 0 Å². The number of aryl methyl sites for hydroxylation is 1. The van der Waals surface area contributed by atoms with E-state index in [2.05, 4.69) is 6.07 Å². The first-order chi connectivity index (χ1) is 7.75. The summed E-state index contributed by atoms with van der Waals surface area (Å²) in [6.45, 7) is 1.32. The fourth-order valence-electron chi connectivity index (χ4n) is 2.02. The topological polar surface area (TPSA) is 40.5 Å². The van der Waals surface area contributed by atoms with Gasteiger partial charge in [-0.3, -0.25) is 4.79 Å². The summed E-state index contributed by atoms with van der Waals surface area (Å²) >= 11 is 1.69. The standard InChI is InChI=1S/C12H17NO2S/c14-10-3-1-7-13(9-10)12(15)6-5-11-4-2-8-16-11/h2,4,8,10,14H,1,3,5-7,9H2. The van der Waals surface area contributed by atoms with Crippen LogP contribution in [0, 0.1) is 0 Å². The first kappa shape index (κ1) is 11.6. The fourth-order valence-corrected chi connectivity index (χ4v) is 2.73. The zero-order chi connectivity index (χ0) is 11.4. The Labute approximate surface area is 99.7 Å². The van der Waals surface area contributed by atoms with E-state index < -0.39 is 0 Å². The molecule has 88 valence electrons. The third-order valence-electron chi connectivity index (χ3n) is 2.91. The minimum Gasteiger partial charge on any atom is -0.391 e. The first-order valence-corrected chi connectivity index (χ1v) is 6.62. The van der Waals surface area contributed by atoms with E-state index >= 15 is 0 Å². The SMILES string of the molecule is O=C(CCc1cccs1)N1CCCC(O)C1. The molecular formula is C12H17NO2S. The van der Waals surface area contributed by atoms with E-state index in [1.807, 2.05) is 11.4 Å². The molecule has 0 aliphatic carbocycles. The van der Waals surface area contributed by atoms with E-state index in [0.29, 0.717) is 13.0 Å². The summed E-state index contributed by atoms with van der Waals surface area (Å²) in [7, 11) is 0. The lowest BCUT2D eigenvalue weighted by molar-refractivity contribution is -0.134. The van der Waals surface area contributed by atoms with Gasteiger partial charge in [-0.15, -0.1) is 11.3 Å². The van der Waals surface area contributed by atoms with E-state index in [9.17, 15) is 9.90 Å². The predicted octanol–water partition coefficient (Wildman–Crippen LogP) is 1.66. The molecule has 0 spiro atoms. The van der Waals surface area contributed by atoms with Crippen LogP contribution in [0.3, 0.4) is 0 Å². The van der Waals surface area contributed by atoms with Crippen molar-refractivity contribution >= 4 is 17.2 Å². The third kappa shape index (κ3) is 3.06. The number of piperidine rings is 1. The number of likely N-dealkylation sites (tertiary alicyclic amines) is 1. The van der Waals surface area contributed by atoms with Crippen molar-refractivity contribution in [1.82, 2.24) is 4.90 Å². The molecule has 16 heavy (non-hydrogen) atoms. The maximum Gasteiger partial charge on any atom is 0.223 e. The van der Waals surface area contributed by atoms with Crippen LogP contribution in [-0.4, -0.2) is 35.1 Å². The third-order valence-corrected chi connectivity index (χ3v) is 3.85. The Morgan fingerprint density at radius 2 is 2.50 bits per heavy atom. The normalized spacial score (nSPS) is 21.1. The maximum atomic E-state index is 11.9. The number of nitrogens with zero attached hydrogens (tertiary/aromatic N) is 1. The van der Waals surface area contributed by atoms with E-state index in [-0.39, 0.29) is 12.0 Å². The molecule has 3 nitrogen and oxygen atoms in total. The summed E-state index contributed by atoms with van der Waals surface area (Å²) in [5.41, 5.74) is 0. The Balaban J connectivity index is 1.79. The molecule has 1 saturated heterocycles. The van der Waals surface area contributed by atoms with Gasteiger partial charge in [-0.2, -0.15) is 0 Å². The van der Waals surface area contributed by atoms with E-state index in [0.717, 1.165) is 25.8 Å². The number of amides is 1. The highest BCUT2D eigenvalue weighted by molar-refractivity contribution is 7.09. The number of carbonyl (C=O) groups excluding carboxylic acids is 1. The molecule has 0 aromatic carbocycles. The number of rotatable bonds is 3. The predicted molar refractivity (Wildman–Crippen MR) is 64.5 cm³/mol. The second-order valence-electron chi connectivity index (χ2n) is 4.22. The summed E-state index contributed by atoms with van der Waals surface area (Å²) in [6, 6.07) is 4.07. The Bertz CT molecular complexity index is 337. The molecule has 1 aromatic rings. The molecule has 1 unspecified atom stereocenters. The van der Waals surface area contributed by atoms with Crippen LogP contribution >= 0.6 is 11.3 Å². The van der Waals surface area contributed by atoms with Gasteiger partial charge in [0.1, 0.15) is 0 Å². The largest absolute Gasteiger partial charge is 0.391 e. The summed E-state index contributed by atoms with van der Waals surface area (Å²) in [6.07, 6.45) is 2.82. The van der Waals surface area contributed by atoms with Crippen molar-refractivity contribution in [2.45, 2.75) is 31.8 Å². The molecule has 4 heteroatoms. The van der Waals surface area contributed by atoms with Crippen LogP contribution in [0.2, 0.25) is 0 Å². The summed E-state index contributed by atoms with van der Waals surface area (Å²) in [4.78, 5) is 14.9. The molecule has 1 atom stereocenters. The van der Waals surface area contributed by atoms with Crippen LogP contribution in [0.4, 0.5) is 0 Å². The van der Waals surface area contributed by atoms with E-state index in [4.69, 9.17) is 0 Å². The molecule has 2 heterocycles. The van der Waals surface area contributed by atoms with Crippen molar-refractivity contribution in [3.8, 4) is 0 Å². The van der Waals surface area contributed by atoms with Crippen LogP contribution in [0.1, 0.15) is 24.1 Å². The smallest absolute Gasteiger partial charge is 0.223 e. The molecule has 1 N–H and O–H groups in total. The van der Waals surface area contributed by atoms with Gasteiger partial charge >= 0.3 is 0 Å². The van der Waals surface area contributed by atoms with Crippen LogP contribution < -0.4 is 0 Å². The van der Waals surface area contributed by atoms with Gasteiger partial charge in [0.25, 0.3) is 0 Å². The lowest BCUT2D eigenvalue weighted by atomic mass is 10.1. The van der Waals surface area contributed by atoms with Crippen molar-refractivity contribution in [2.75, 3.05) is 13.1 Å². The minimum absolute atomic E-state index is 0.173. The second-order valence-corrected chi connectivity index (χ2v) is 5.25. The maximum absolute atomic E-state index is 11.9. The van der Waals surface area contributed by atoms with Crippen molar-refractivity contribution < 1.29 is 9.90 Å². The number of thiophene rings is 1. The van der Waals surface area contributed by atoms with E-state index in [1.54, 1.807) is 16.2 Å². The molecule has 1 aliphatic heterocycles. The molecule has 2 rings (SSSR count). The number of aliphatic hydroxyl groups is 1. The second kappa shape index (κ2) is 5.46. The van der Waals surface area contributed by atoms with Gasteiger partial charge in [0.05, 0.1) is 6.10 Å². The van der Waals surface area contributed by atoms with E-state index in [1.165, 1.54) is 4.88 Å². The van der Waals surface area contributed by atoms with Crippen LogP contribution in [0.15, 0.2) is 17.5 Å². The lowest BCUT2D eigenvalue weighted by Gasteiger charge is -2.30. The zero-order valence-corrected chi connectivity index (χ0v) is 10.1. The summed E-state index contributed by atoms with van der Waals surface area (Å²) < 4.78 is 0. The Morgan fingerprint density at radius 1 is 1.62 bits per heavy atom. The number of hydrogen-bond donors (Lipinski definition) is 1. The van der Waals surface area contributed by atoms with Gasteiger partial charge in [-0.25, -0.2) is 0 Å². The number of aliphatic hydroxyl groups excluding tert-OH is 1. The first-order valence-electron chi connectivity index (χ1n) is 5.74. The zero-order valence-electron chi connectivity index (χ0n) is 9.26. The van der Waals surface area contributed by atoms with Gasteiger partial charge in [0, 0.05) is 24.4 Å². The molecule has 1 aromatic heterocycles. The number of hydrogen-bond acceptors (Lipinski definition) is 3. The highest BCUT2D eigenvalue weighted by Gasteiger charge is 2.21. The van der Waals surface area contributed by atoms with Crippen LogP contribution in [-0.2, 0) is 11.2 Å². The van der Waals surface area contributed by atoms with Crippen LogP contribution in [0.25, 0.3) is 0 Å². The van der Waals surface area contributed by atoms with Gasteiger partial charge in [0.15, 0.2) is 0 Å². The molecule has 0 bridgehead atoms. The Morgan fingerprint density at radius 3 is 3.19 bits per heavy atom. The fraction of sp³-hybridized carbons (Fsp3) is 0.583. The van der Waals surface area contributed by atoms with Gasteiger partial charge in [-0.1, -0.05) is 6.07 Å². The number of carbonyl (C=O) groups is 1. The number of β-amino-alcohol motifs (C(OH)–C–C–N with tert-alkyl or cyclic N) is 1. The van der Waals surface area contributed by atoms with Crippen molar-refractivity contribution in [3.05, 3.63) is 22.4 Å². The van der Waals surface area contributed by atoms with Gasteiger partial charge in [0.2, 0.25) is 5.91 Å². The highest BCUT2D eigenvalue weighted by atomic mass is 32.1. The monoisotopic (exact) mass is 239 g/mol. The summed E-state index contributed by atoms with van der Waals surface area (Å²) in [5, 5.41) is 11.5. The molecule has 1 aliphatic rings. The van der Waals surface area contributed by atoms with Crippen LogP contribution in [0.5, 0.6) is 0 Å². The molecule has 0 radical (unpaired) electrons. The van der Waals surface area contributed by atoms with Crippen molar-refractivity contribution in [1.29, 1.82) is 0 Å². The molecule has 1 amide bonds. The quantitative estimate of drug-likeness (QED) is 0.871. The van der Waals surface area contributed by atoms with Gasteiger partial charge < -0.3 is 10.0 Å². The molecule has 1 fully saturated rings. The average Bonchev–Trinajstić information content (AvgIpc) is 2.78. The minimum atomic E-state index is -0.320. The van der Waals surface area contributed by atoms with Gasteiger partial charge in [-0.05, 0) is 30.7 Å². The molecule has 0 saturated carbocycles. The van der Waals surface area contributed by atoms with Crippen molar-refractivity contribution in [3.63, 3.8) is 0 Å². The Hall–Kier alpha value is -0.870. The lowest BCUT2D eigenvalue weighted by Crippen LogP contribution is -2.42. The average molecular weight is 239 g/mol. The Kier molecular flexibility index (Phi) is 3.96. The summed E-state index contributed by atoms with van der Waals surface area (Å²) in [5.74, 6) is 0.173.